The van der Waals surface area contributed by atoms with E-state index in [0.717, 1.165) is 32.3 Å². The largest absolute Gasteiger partial charge is 0.388 e. The molecule has 0 aromatic rings. The third-order valence-corrected chi connectivity index (χ3v) is 6.47. The normalized spacial score (nSPS) is 35.2. The van der Waals surface area contributed by atoms with Crippen LogP contribution in [0.25, 0.3) is 0 Å². The lowest BCUT2D eigenvalue weighted by Crippen LogP contribution is -2.57. The molecule has 4 N–H and O–H groups in total. The number of rotatable bonds is 6. The van der Waals surface area contributed by atoms with Crippen molar-refractivity contribution in [3.05, 3.63) is 0 Å². The fraction of sp³-hybridized carbons (Fsp3) is 0.941. The zero-order valence-electron chi connectivity index (χ0n) is 16.3. The van der Waals surface area contributed by atoms with E-state index in [-0.39, 0.29) is 18.9 Å². The molecule has 3 saturated heterocycles. The van der Waals surface area contributed by atoms with Crippen LogP contribution in [0.15, 0.2) is 0 Å². The highest BCUT2D eigenvalue weighted by Crippen LogP contribution is 2.24. The molecule has 0 bridgehead atoms. The smallest absolute Gasteiger partial charge is 0.225 e. The first kappa shape index (κ1) is 21.9. The second-order valence-corrected chi connectivity index (χ2v) is 9.73. The minimum atomic E-state index is -3.43. The molecular formula is C17H32N4O6S. The van der Waals surface area contributed by atoms with Gasteiger partial charge in [0.25, 0.3) is 0 Å². The minimum Gasteiger partial charge on any atom is -0.388 e. The number of hydrogen-bond acceptors (Lipinski definition) is 8. The molecule has 0 radical (unpaired) electrons. The Hall–Kier alpha value is -0.820. The summed E-state index contributed by atoms with van der Waals surface area (Å²) >= 11 is 0. The van der Waals surface area contributed by atoms with Gasteiger partial charge in [-0.3, -0.25) is 9.69 Å². The number of nitrogens with one attached hydrogen (secondary N) is 2. The summed E-state index contributed by atoms with van der Waals surface area (Å²) in [5, 5.41) is 23.8. The molecule has 0 spiro atoms. The van der Waals surface area contributed by atoms with E-state index in [1.165, 1.54) is 12.8 Å². The fourth-order valence-corrected chi connectivity index (χ4v) is 4.59. The molecular weight excluding hydrogens is 388 g/mol. The number of piperidine rings is 1. The summed E-state index contributed by atoms with van der Waals surface area (Å²) in [6.45, 7) is 3.76. The van der Waals surface area contributed by atoms with Crippen LogP contribution in [0.3, 0.4) is 0 Å². The molecule has 5 atom stereocenters. The van der Waals surface area contributed by atoms with Gasteiger partial charge in [-0.25, -0.2) is 13.1 Å². The lowest BCUT2D eigenvalue weighted by atomic mass is 10.0. The fourth-order valence-electron chi connectivity index (χ4n) is 4.13. The van der Waals surface area contributed by atoms with E-state index in [1.54, 1.807) is 4.90 Å². The van der Waals surface area contributed by atoms with Crippen molar-refractivity contribution < 1.29 is 28.2 Å². The maximum Gasteiger partial charge on any atom is 0.225 e. The van der Waals surface area contributed by atoms with Gasteiger partial charge in [0, 0.05) is 32.7 Å². The lowest BCUT2D eigenvalue weighted by Gasteiger charge is -2.41. The van der Waals surface area contributed by atoms with Gasteiger partial charge in [0.2, 0.25) is 15.9 Å². The number of ether oxygens (including phenoxy) is 1. The second kappa shape index (κ2) is 9.33. The standard InChI is InChI=1S/C17H32N4O6S/c1-28(25,26)19-11-13-17(24)16(23)12(27-13)10-15(22)21-8-6-20(7-9-21)14-4-2-3-5-18-14/h12-14,16-19,23-24H,2-11H2,1H3. The Bertz CT molecular complexity index is 634. The SMILES string of the molecule is CS(=O)(=O)NCC1OC(CC(=O)N2CCN(C3CCCCN3)CC2)C(O)C1O. The molecule has 3 heterocycles. The Labute approximate surface area is 166 Å². The maximum atomic E-state index is 12.6. The molecule has 0 aromatic carbocycles. The number of hydrogen-bond donors (Lipinski definition) is 4. The van der Waals surface area contributed by atoms with Gasteiger partial charge < -0.3 is 25.2 Å². The topological polar surface area (TPSA) is 131 Å². The summed E-state index contributed by atoms with van der Waals surface area (Å²) in [6, 6.07) is 0. The van der Waals surface area contributed by atoms with Crippen LogP contribution in [0, 0.1) is 0 Å². The molecule has 10 nitrogen and oxygen atoms in total. The van der Waals surface area contributed by atoms with Crippen molar-refractivity contribution in [2.24, 2.45) is 0 Å². The van der Waals surface area contributed by atoms with E-state index in [9.17, 15) is 23.4 Å². The first-order valence-corrected chi connectivity index (χ1v) is 11.8. The minimum absolute atomic E-state index is 0.0325. The highest BCUT2D eigenvalue weighted by molar-refractivity contribution is 7.88. The lowest BCUT2D eigenvalue weighted by molar-refractivity contribution is -0.137. The number of sulfonamides is 1. The molecule has 162 valence electrons. The monoisotopic (exact) mass is 420 g/mol. The van der Waals surface area contributed by atoms with Gasteiger partial charge in [-0.1, -0.05) is 0 Å². The third-order valence-electron chi connectivity index (χ3n) is 5.78. The quantitative estimate of drug-likeness (QED) is 0.376. The Balaban J connectivity index is 1.45. The van der Waals surface area contributed by atoms with Crippen molar-refractivity contribution in [3.8, 4) is 0 Å². The first-order valence-electron chi connectivity index (χ1n) is 9.96. The Morgan fingerprint density at radius 1 is 1.14 bits per heavy atom. The van der Waals surface area contributed by atoms with Gasteiger partial charge in [0.1, 0.15) is 18.3 Å². The van der Waals surface area contributed by atoms with Crippen LogP contribution < -0.4 is 10.0 Å². The summed E-state index contributed by atoms with van der Waals surface area (Å²) in [5.41, 5.74) is 0. The van der Waals surface area contributed by atoms with Crippen molar-refractivity contribution in [2.75, 3.05) is 45.5 Å². The van der Waals surface area contributed by atoms with E-state index >= 15 is 0 Å². The van der Waals surface area contributed by atoms with Crippen LogP contribution in [0.4, 0.5) is 0 Å². The van der Waals surface area contributed by atoms with Crippen LogP contribution >= 0.6 is 0 Å². The van der Waals surface area contributed by atoms with Crippen molar-refractivity contribution in [1.29, 1.82) is 0 Å². The molecule has 0 aromatic heterocycles. The van der Waals surface area contributed by atoms with E-state index < -0.39 is 34.4 Å². The molecule has 3 aliphatic heterocycles. The van der Waals surface area contributed by atoms with Crippen molar-refractivity contribution in [1.82, 2.24) is 19.8 Å². The van der Waals surface area contributed by atoms with Gasteiger partial charge in [0.15, 0.2) is 0 Å². The average molecular weight is 421 g/mol. The summed E-state index contributed by atoms with van der Waals surface area (Å²) in [4.78, 5) is 16.8. The molecule has 11 heteroatoms. The number of carbonyl (C=O) groups excluding carboxylic acids is 1. The highest BCUT2D eigenvalue weighted by atomic mass is 32.2. The van der Waals surface area contributed by atoms with Crippen LogP contribution in [0.2, 0.25) is 0 Å². The molecule has 3 rings (SSSR count). The predicted octanol–water partition coefficient (Wildman–Crippen LogP) is -2.34. The number of aliphatic hydroxyl groups excluding tert-OH is 2. The summed E-state index contributed by atoms with van der Waals surface area (Å²) < 4.78 is 30.2. The van der Waals surface area contributed by atoms with Gasteiger partial charge in [-0.15, -0.1) is 0 Å². The van der Waals surface area contributed by atoms with Crippen LogP contribution in [-0.2, 0) is 19.6 Å². The van der Waals surface area contributed by atoms with E-state index in [4.69, 9.17) is 4.74 Å². The first-order chi connectivity index (χ1) is 13.2. The van der Waals surface area contributed by atoms with Gasteiger partial charge in [-0.05, 0) is 25.8 Å². The number of amides is 1. The molecule has 28 heavy (non-hydrogen) atoms. The maximum absolute atomic E-state index is 12.6. The van der Waals surface area contributed by atoms with Gasteiger partial charge in [0.05, 0.1) is 24.9 Å². The Kier molecular flexibility index (Phi) is 7.29. The molecule has 3 aliphatic rings. The summed E-state index contributed by atoms with van der Waals surface area (Å²) in [5.74, 6) is -0.121. The van der Waals surface area contributed by atoms with Crippen LogP contribution in [0.1, 0.15) is 25.7 Å². The Morgan fingerprint density at radius 3 is 2.43 bits per heavy atom. The van der Waals surface area contributed by atoms with E-state index in [1.807, 2.05) is 0 Å². The van der Waals surface area contributed by atoms with E-state index in [0.29, 0.717) is 19.3 Å². The molecule has 0 saturated carbocycles. The number of nitrogens with zero attached hydrogens (tertiary/aromatic N) is 2. The molecule has 0 aliphatic carbocycles. The highest BCUT2D eigenvalue weighted by Gasteiger charge is 2.44. The Morgan fingerprint density at radius 2 is 1.82 bits per heavy atom. The third kappa shape index (κ3) is 5.62. The molecule has 5 unspecified atom stereocenters. The van der Waals surface area contributed by atoms with Gasteiger partial charge in [-0.2, -0.15) is 0 Å². The van der Waals surface area contributed by atoms with E-state index in [2.05, 4.69) is 14.9 Å². The molecule has 3 fully saturated rings. The summed E-state index contributed by atoms with van der Waals surface area (Å²) in [6.07, 6.45) is 0.772. The van der Waals surface area contributed by atoms with Crippen molar-refractivity contribution in [2.45, 2.75) is 56.3 Å². The molecule has 1 amide bonds. The average Bonchev–Trinajstić information content (AvgIpc) is 2.94. The predicted molar refractivity (Wildman–Crippen MR) is 102 cm³/mol. The van der Waals surface area contributed by atoms with Crippen molar-refractivity contribution in [3.63, 3.8) is 0 Å². The zero-order valence-corrected chi connectivity index (χ0v) is 17.1. The summed E-state index contributed by atoms with van der Waals surface area (Å²) in [7, 11) is -3.43. The number of piperazine rings is 1. The second-order valence-electron chi connectivity index (χ2n) is 7.90. The number of aliphatic hydroxyl groups is 2. The van der Waals surface area contributed by atoms with Crippen molar-refractivity contribution >= 4 is 15.9 Å². The zero-order chi connectivity index (χ0) is 20.3. The van der Waals surface area contributed by atoms with Crippen LogP contribution in [0.5, 0.6) is 0 Å². The number of carbonyl (C=O) groups is 1. The van der Waals surface area contributed by atoms with Crippen LogP contribution in [-0.4, -0.2) is 110 Å². The van der Waals surface area contributed by atoms with Gasteiger partial charge >= 0.3 is 0 Å².